The molecule has 6 aliphatic rings. The molecule has 4 saturated carbocycles. The SMILES string of the molecule is CCC.CC[C@@H]1C[C@]1(CC(=O)[C@@H]1C[C@@H](Oc2cc(OCC(OC)OC)nc3c(Cl)cccc23)CN1C(=O)[C@@H](CC(=O)OC(C)(C)C)C(C)(C)C)C(=O)NS(=O)(=O)OC1(C)CC1.CC[C@@H]1C[C@]1(CC(=O)[C@@H]1C[C@@H](Oc2cc(OCCN(C)C)nc3c(Cl)cccc23)CN1C(=O)[C@@H](CC(=O)OC(C)(C)C)C(C)(C)C)C(=O)NS(=O)(=O)OC1(C)CC1. The molecule has 118 heavy (non-hydrogen) atoms. The number of ketones is 2. The number of carbonyl (C=O) groups excluding carboxylic acids is 8. The number of fused-ring (bicyclic) bond motifs is 2. The molecule has 10 rings (SSSR count). The van der Waals surface area contributed by atoms with E-state index in [1.165, 1.54) is 30.4 Å². The Kier molecular flexibility index (Phi) is 31.1. The summed E-state index contributed by atoms with van der Waals surface area (Å²) in [5.74, 6) is -5.52. The number of Topliss-reactive ketones (excluding diaryl/α,β-unsaturated/α-hetero) is 2. The molecule has 4 aromatic rings. The third-order valence-corrected chi connectivity index (χ3v) is 24.9. The minimum atomic E-state index is -4.44. The Bertz CT molecular complexity index is 4550. The molecule has 0 bridgehead atoms. The molecule has 2 saturated heterocycles. The summed E-state index contributed by atoms with van der Waals surface area (Å²) >= 11 is 13.2. The molecular weight excluding hydrogens is 1610 g/mol. The molecule has 4 aliphatic carbocycles. The molecule has 2 N–H and O–H groups in total. The smallest absolute Gasteiger partial charge is 0.362 e. The van der Waals surface area contributed by atoms with Crippen LogP contribution in [0.2, 0.25) is 10.0 Å². The van der Waals surface area contributed by atoms with Crippen molar-refractivity contribution < 1.29 is 101 Å². The van der Waals surface area contributed by atoms with Gasteiger partial charge in [-0.25, -0.2) is 27.8 Å². The minimum absolute atomic E-state index is 0.00431. The van der Waals surface area contributed by atoms with E-state index in [4.69, 9.17) is 69.5 Å². The molecule has 10 atom stereocenters. The number of amides is 4. The standard InChI is InChI=1S/C41H59ClN4O10S.C41H58ClN3O12S.C3H8/c1-11-25-22-41(25,37(50)44-57(51,52)56-40(8)15-16-40)23-31(47)30-19-26(24-46(30)36(49)28(38(2,3)4)20-34(48)55-39(5,6)7)54-32-21-33(53-18-17-45(9)10)43-35-27(32)13-12-14-29(35)42;1-11-24-20-41(24,37(49)44-58(50,51)57-40(8)15-16-40)21-30(46)29-17-25(22-45(29)36(48)27(38(2,3)4)18-33(47)56-39(5,6)7)55-31-19-32(54-23-34(52-9)53-10)43-35-26(31)13-12-14-28(35)42;1-3-2/h12-14,21,25-26,28,30H,11,15-20,22-24H2,1-10H3,(H,44,50);12-14,19,24-25,27,29,34H,11,15-18,20-23H2,1-10H3,(H,44,49);3H2,1-2H3/t25-,26-,28-,30+,41-;24-,25-,27-,29+,41-;/m11./s1. The van der Waals surface area contributed by atoms with Gasteiger partial charge in [-0.15, -0.1) is 0 Å². The van der Waals surface area contributed by atoms with E-state index in [9.17, 15) is 55.2 Å². The van der Waals surface area contributed by atoms with Crippen LogP contribution in [-0.4, -0.2) is 203 Å². The van der Waals surface area contributed by atoms with E-state index in [0.717, 1.165) is 0 Å². The number of rotatable bonds is 35. The fraction of sp³-hybridized carbons (Fsp3) is 0.694. The van der Waals surface area contributed by atoms with Crippen molar-refractivity contribution in [2.45, 2.75) is 274 Å². The van der Waals surface area contributed by atoms with Crippen molar-refractivity contribution in [1.29, 1.82) is 0 Å². The molecule has 0 radical (unpaired) electrons. The predicted octanol–water partition coefficient (Wildman–Crippen LogP) is 13.2. The number of methoxy groups -OCH3 is 2. The summed E-state index contributed by atoms with van der Waals surface area (Å²) in [6.45, 7) is 33.8. The Morgan fingerprint density at radius 3 is 1.25 bits per heavy atom. The summed E-state index contributed by atoms with van der Waals surface area (Å²) in [4.78, 5) is 127. The number of nitrogens with zero attached hydrogens (tertiary/aromatic N) is 5. The predicted molar refractivity (Wildman–Crippen MR) is 445 cm³/mol. The maximum Gasteiger partial charge on any atom is 0.362 e. The van der Waals surface area contributed by atoms with Gasteiger partial charge in [0, 0.05) is 69.4 Å². The Morgan fingerprint density at radius 1 is 0.576 bits per heavy atom. The molecule has 2 aromatic heterocycles. The summed E-state index contributed by atoms with van der Waals surface area (Å²) in [7, 11) is -2.06. The number of aromatic nitrogens is 2. The highest BCUT2D eigenvalue weighted by Crippen LogP contribution is 2.60. The first-order valence-corrected chi connectivity index (χ1v) is 44.4. The van der Waals surface area contributed by atoms with E-state index in [-0.39, 0.29) is 88.2 Å². The van der Waals surface area contributed by atoms with Gasteiger partial charge in [-0.05, 0) is 155 Å². The number of nitrogens with one attached hydrogen (secondary N) is 2. The van der Waals surface area contributed by atoms with Gasteiger partial charge in [-0.2, -0.15) is 16.8 Å². The van der Waals surface area contributed by atoms with Crippen LogP contribution in [0.15, 0.2) is 48.5 Å². The molecular formula is C85H125Cl2N7O22S2. The van der Waals surface area contributed by atoms with Gasteiger partial charge in [0.1, 0.15) is 48.1 Å². The van der Waals surface area contributed by atoms with Crippen LogP contribution >= 0.6 is 23.2 Å². The van der Waals surface area contributed by atoms with Gasteiger partial charge in [0.2, 0.25) is 35.4 Å². The van der Waals surface area contributed by atoms with E-state index in [1.54, 1.807) is 97.9 Å². The summed E-state index contributed by atoms with van der Waals surface area (Å²) in [6.07, 6.45) is 2.01. The van der Waals surface area contributed by atoms with Crippen LogP contribution in [0.1, 0.15) is 221 Å². The molecule has 33 heteroatoms. The van der Waals surface area contributed by atoms with Crippen LogP contribution in [0, 0.1) is 45.3 Å². The number of pyridine rings is 2. The quantitative estimate of drug-likeness (QED) is 0.0319. The Balaban J connectivity index is 0.000000285. The second-order valence-corrected chi connectivity index (χ2v) is 40.6. The zero-order valence-corrected chi connectivity index (χ0v) is 75.9. The lowest BCUT2D eigenvalue weighted by Crippen LogP contribution is -2.49. The van der Waals surface area contributed by atoms with Crippen LogP contribution in [0.4, 0.5) is 0 Å². The van der Waals surface area contributed by atoms with Crippen molar-refractivity contribution in [3.05, 3.63) is 58.6 Å². The van der Waals surface area contributed by atoms with Crippen LogP contribution in [-0.2, 0) is 86.3 Å². The number of benzene rings is 2. The van der Waals surface area contributed by atoms with Gasteiger partial charge < -0.3 is 52.6 Å². The Morgan fingerprint density at radius 2 is 0.941 bits per heavy atom. The second-order valence-electron chi connectivity index (χ2n) is 37.2. The van der Waals surface area contributed by atoms with Gasteiger partial charge in [0.05, 0.1) is 93.0 Å². The summed E-state index contributed by atoms with van der Waals surface area (Å²) in [5.41, 5.74) is -6.47. The van der Waals surface area contributed by atoms with Gasteiger partial charge in [0.15, 0.2) is 17.9 Å². The lowest BCUT2D eigenvalue weighted by Gasteiger charge is -2.35. The van der Waals surface area contributed by atoms with Crippen LogP contribution in [0.5, 0.6) is 23.3 Å². The second kappa shape index (κ2) is 38.1. The van der Waals surface area contributed by atoms with Crippen molar-refractivity contribution in [1.82, 2.24) is 34.1 Å². The van der Waals surface area contributed by atoms with Crippen molar-refractivity contribution in [3.8, 4) is 23.3 Å². The van der Waals surface area contributed by atoms with Crippen molar-refractivity contribution in [2.75, 3.05) is 61.2 Å². The van der Waals surface area contributed by atoms with Crippen molar-refractivity contribution >= 4 is 113 Å². The topological polar surface area (TPSA) is 357 Å². The average Bonchev–Trinajstić information content (AvgIpc) is 1.58. The van der Waals surface area contributed by atoms with Gasteiger partial charge in [-0.3, -0.25) is 38.4 Å². The summed E-state index contributed by atoms with van der Waals surface area (Å²) < 4.78 is 113. The van der Waals surface area contributed by atoms with E-state index >= 15 is 0 Å². The average molecular weight is 1730 g/mol. The first kappa shape index (κ1) is 96.4. The third kappa shape index (κ3) is 25.7. The lowest BCUT2D eigenvalue weighted by molar-refractivity contribution is -0.161. The molecule has 0 spiro atoms. The fourth-order valence-electron chi connectivity index (χ4n) is 15.0. The molecule has 2 aliphatic heterocycles. The zero-order valence-electron chi connectivity index (χ0n) is 72.7. The maximum atomic E-state index is 14.7. The monoisotopic (exact) mass is 1730 g/mol. The number of likely N-dealkylation sites (N-methyl/N-ethyl adjacent to an activating group) is 1. The highest BCUT2D eigenvalue weighted by molar-refractivity contribution is 7.85. The number of carbonyl (C=O) groups is 8. The van der Waals surface area contributed by atoms with E-state index in [1.807, 2.05) is 80.5 Å². The number of esters is 2. The highest BCUT2D eigenvalue weighted by Gasteiger charge is 2.64. The largest absolute Gasteiger partial charge is 0.488 e. The number of hydrogen-bond donors (Lipinski definition) is 2. The fourth-order valence-corrected chi connectivity index (χ4v) is 17.8. The van der Waals surface area contributed by atoms with Crippen LogP contribution < -0.4 is 28.4 Å². The number of halogens is 2. The minimum Gasteiger partial charge on any atom is -0.488 e. The zero-order chi connectivity index (χ0) is 88.0. The highest BCUT2D eigenvalue weighted by atomic mass is 35.5. The number of hydrogen-bond acceptors (Lipinski definition) is 25. The van der Waals surface area contributed by atoms with E-state index < -0.39 is 154 Å². The first-order valence-electron chi connectivity index (χ1n) is 40.8. The normalized spacial score (nSPS) is 23.0. The van der Waals surface area contributed by atoms with Crippen molar-refractivity contribution in [3.63, 3.8) is 0 Å². The molecule has 29 nitrogen and oxygen atoms in total. The molecule has 4 amide bonds. The van der Waals surface area contributed by atoms with E-state index in [2.05, 4.69) is 33.3 Å². The molecule has 4 heterocycles. The van der Waals surface area contributed by atoms with Gasteiger partial charge in [0.25, 0.3) is 0 Å². The van der Waals surface area contributed by atoms with Crippen LogP contribution in [0.25, 0.3) is 21.8 Å². The lowest BCUT2D eigenvalue weighted by atomic mass is 9.77. The van der Waals surface area contributed by atoms with Crippen LogP contribution in [0.3, 0.4) is 0 Å². The summed E-state index contributed by atoms with van der Waals surface area (Å²) in [5, 5.41) is 1.89. The van der Waals surface area contributed by atoms with E-state index in [0.29, 0.717) is 101 Å². The Hall–Kier alpha value is -7.10. The molecule has 0 unspecified atom stereocenters. The molecule has 6 fully saturated rings. The molecule has 658 valence electrons. The molecule has 2 aromatic carbocycles. The third-order valence-electron chi connectivity index (χ3n) is 22.1. The number of likely N-dealkylation sites (tertiary alicyclic amines) is 2. The number of ether oxygens (including phenoxy) is 8. The Labute approximate surface area is 706 Å². The van der Waals surface area contributed by atoms with Crippen molar-refractivity contribution in [2.24, 2.45) is 45.3 Å². The first-order chi connectivity index (χ1) is 54.7. The van der Waals surface area contributed by atoms with Gasteiger partial charge >= 0.3 is 32.5 Å². The maximum absolute atomic E-state index is 14.7. The summed E-state index contributed by atoms with van der Waals surface area (Å²) in [6, 6.07) is 11.6. The number of para-hydroxylation sites is 2. The van der Waals surface area contributed by atoms with Gasteiger partial charge in [-0.1, -0.05) is 124 Å².